The lowest BCUT2D eigenvalue weighted by Crippen LogP contribution is -2.38. The van der Waals surface area contributed by atoms with Gasteiger partial charge in [-0.1, -0.05) is 6.07 Å². The predicted octanol–water partition coefficient (Wildman–Crippen LogP) is 4.00. The van der Waals surface area contributed by atoms with Crippen LogP contribution in [-0.2, 0) is 6.42 Å². The first-order valence-corrected chi connectivity index (χ1v) is 11.3. The van der Waals surface area contributed by atoms with E-state index >= 15 is 0 Å². The largest absolute Gasteiger partial charge is 0.304 e. The van der Waals surface area contributed by atoms with Crippen molar-refractivity contribution in [2.75, 3.05) is 11.4 Å². The molecule has 0 spiro atoms. The second kappa shape index (κ2) is 8.64. The standard InChI is InChI=1S/C24H24N8O.ClH/c1-15(2)32-14-27-23(29-32)20-4-3-5-22(28-20)31-9-8-19-18(24(31)33)10-17(11-25-19)30-12-21(26-13-30)16-6-7-16;/h3-5,10-16H,6-9H2,1-2H3;1H. The highest BCUT2D eigenvalue weighted by molar-refractivity contribution is 6.07. The van der Waals surface area contributed by atoms with E-state index in [2.05, 4.69) is 20.1 Å². The normalized spacial score (nSPS) is 15.4. The maximum absolute atomic E-state index is 13.5. The summed E-state index contributed by atoms with van der Waals surface area (Å²) in [5, 5.41) is 4.51. The van der Waals surface area contributed by atoms with E-state index in [4.69, 9.17) is 4.98 Å². The zero-order chi connectivity index (χ0) is 22.5. The topological polar surface area (TPSA) is 94.6 Å². The second-order valence-corrected chi connectivity index (χ2v) is 8.90. The molecule has 0 atom stereocenters. The van der Waals surface area contributed by atoms with Crippen molar-refractivity contribution >= 4 is 24.1 Å². The molecule has 174 valence electrons. The number of hydrogen-bond donors (Lipinski definition) is 0. The fraction of sp³-hybridized carbons (Fsp3) is 0.333. The molecule has 0 radical (unpaired) electrons. The number of aromatic nitrogens is 7. The summed E-state index contributed by atoms with van der Waals surface area (Å²) >= 11 is 0. The van der Waals surface area contributed by atoms with Gasteiger partial charge in [0.25, 0.3) is 5.91 Å². The van der Waals surface area contributed by atoms with Crippen LogP contribution in [-0.4, -0.2) is 46.7 Å². The van der Waals surface area contributed by atoms with Crippen LogP contribution >= 0.6 is 12.4 Å². The minimum absolute atomic E-state index is 0. The van der Waals surface area contributed by atoms with Crippen LogP contribution in [0.15, 0.2) is 49.3 Å². The molecule has 0 unspecified atom stereocenters. The Bertz CT molecular complexity index is 1360. The fourth-order valence-corrected chi connectivity index (χ4v) is 4.10. The molecule has 34 heavy (non-hydrogen) atoms. The molecule has 1 aliphatic carbocycles. The quantitative estimate of drug-likeness (QED) is 0.432. The molecular formula is C24H25ClN8O. The van der Waals surface area contributed by atoms with Gasteiger partial charge in [-0.2, -0.15) is 0 Å². The van der Waals surface area contributed by atoms with Crippen LogP contribution in [0, 0.1) is 0 Å². The van der Waals surface area contributed by atoms with E-state index in [9.17, 15) is 4.79 Å². The van der Waals surface area contributed by atoms with Crippen molar-refractivity contribution in [2.24, 2.45) is 0 Å². The molecule has 1 aliphatic heterocycles. The van der Waals surface area contributed by atoms with E-state index in [0.717, 1.165) is 17.1 Å². The summed E-state index contributed by atoms with van der Waals surface area (Å²) in [5.41, 5.74) is 4.01. The van der Waals surface area contributed by atoms with Gasteiger partial charge in [-0.15, -0.1) is 17.5 Å². The summed E-state index contributed by atoms with van der Waals surface area (Å²) < 4.78 is 3.74. The molecule has 0 aromatic carbocycles. The lowest BCUT2D eigenvalue weighted by Gasteiger charge is -2.27. The fourth-order valence-electron chi connectivity index (χ4n) is 4.10. The van der Waals surface area contributed by atoms with Crippen molar-refractivity contribution in [2.45, 2.75) is 45.1 Å². The number of fused-ring (bicyclic) bond motifs is 1. The molecule has 4 aromatic heterocycles. The Labute approximate surface area is 203 Å². The summed E-state index contributed by atoms with van der Waals surface area (Å²) in [6, 6.07) is 7.72. The van der Waals surface area contributed by atoms with Crippen LogP contribution in [0.4, 0.5) is 5.82 Å². The molecule has 1 saturated carbocycles. The third-order valence-electron chi connectivity index (χ3n) is 6.18. The summed E-state index contributed by atoms with van der Waals surface area (Å²) in [5.74, 6) is 1.62. The van der Waals surface area contributed by atoms with Crippen molar-refractivity contribution in [3.05, 3.63) is 66.3 Å². The van der Waals surface area contributed by atoms with Crippen molar-refractivity contribution in [1.82, 2.24) is 34.3 Å². The Morgan fingerprint density at radius 3 is 2.71 bits per heavy atom. The van der Waals surface area contributed by atoms with E-state index in [1.54, 1.807) is 22.2 Å². The molecule has 2 aliphatic rings. The average Bonchev–Trinajstić information content (AvgIpc) is 3.34. The van der Waals surface area contributed by atoms with Crippen molar-refractivity contribution in [3.8, 4) is 17.2 Å². The van der Waals surface area contributed by atoms with Gasteiger partial charge in [0, 0.05) is 31.1 Å². The van der Waals surface area contributed by atoms with Gasteiger partial charge >= 0.3 is 0 Å². The van der Waals surface area contributed by atoms with E-state index in [1.165, 1.54) is 12.8 Å². The first kappa shape index (κ1) is 22.2. The van der Waals surface area contributed by atoms with Crippen LogP contribution < -0.4 is 4.90 Å². The molecule has 1 fully saturated rings. The monoisotopic (exact) mass is 476 g/mol. The van der Waals surface area contributed by atoms with E-state index in [-0.39, 0.29) is 24.4 Å². The number of nitrogens with zero attached hydrogens (tertiary/aromatic N) is 8. The highest BCUT2D eigenvalue weighted by atomic mass is 35.5. The predicted molar refractivity (Wildman–Crippen MR) is 130 cm³/mol. The zero-order valence-electron chi connectivity index (χ0n) is 19.0. The van der Waals surface area contributed by atoms with Gasteiger partial charge in [0.05, 0.1) is 35.2 Å². The number of carbonyl (C=O) groups excluding carboxylic acids is 1. The lowest BCUT2D eigenvalue weighted by molar-refractivity contribution is 0.0979. The van der Waals surface area contributed by atoms with Crippen LogP contribution in [0.1, 0.15) is 60.4 Å². The molecular weight excluding hydrogens is 452 g/mol. The minimum atomic E-state index is -0.0987. The van der Waals surface area contributed by atoms with E-state index in [0.29, 0.717) is 41.8 Å². The first-order valence-electron chi connectivity index (χ1n) is 11.3. The minimum Gasteiger partial charge on any atom is -0.304 e. The number of pyridine rings is 2. The summed E-state index contributed by atoms with van der Waals surface area (Å²) in [4.78, 5) is 33.3. The number of anilines is 1. The number of hydrogen-bond acceptors (Lipinski definition) is 6. The third-order valence-corrected chi connectivity index (χ3v) is 6.18. The highest BCUT2D eigenvalue weighted by Gasteiger charge is 2.29. The Kier molecular flexibility index (Phi) is 5.65. The van der Waals surface area contributed by atoms with Crippen LogP contribution in [0.2, 0.25) is 0 Å². The molecule has 6 rings (SSSR count). The van der Waals surface area contributed by atoms with Gasteiger partial charge in [-0.3, -0.25) is 14.7 Å². The number of imidazole rings is 1. The van der Waals surface area contributed by atoms with Gasteiger partial charge in [0.1, 0.15) is 17.8 Å². The number of carbonyl (C=O) groups is 1. The maximum Gasteiger partial charge on any atom is 0.261 e. The molecule has 0 saturated heterocycles. The van der Waals surface area contributed by atoms with Gasteiger partial charge < -0.3 is 4.57 Å². The van der Waals surface area contributed by atoms with Crippen molar-refractivity contribution < 1.29 is 4.79 Å². The first-order chi connectivity index (χ1) is 16.1. The molecule has 9 nitrogen and oxygen atoms in total. The Morgan fingerprint density at radius 2 is 1.94 bits per heavy atom. The number of rotatable bonds is 5. The van der Waals surface area contributed by atoms with E-state index < -0.39 is 0 Å². The van der Waals surface area contributed by atoms with Gasteiger partial charge in [0.2, 0.25) is 0 Å². The highest BCUT2D eigenvalue weighted by Crippen LogP contribution is 2.39. The number of amides is 1. The summed E-state index contributed by atoms with van der Waals surface area (Å²) in [6.07, 6.45) is 10.4. The average molecular weight is 477 g/mol. The molecule has 0 bridgehead atoms. The number of halogens is 1. The smallest absolute Gasteiger partial charge is 0.261 e. The van der Waals surface area contributed by atoms with Gasteiger partial charge in [-0.05, 0) is 44.9 Å². The summed E-state index contributed by atoms with van der Waals surface area (Å²) in [7, 11) is 0. The zero-order valence-corrected chi connectivity index (χ0v) is 19.8. The Balaban J connectivity index is 0.00000241. The summed E-state index contributed by atoms with van der Waals surface area (Å²) in [6.45, 7) is 4.62. The molecule has 4 aromatic rings. The van der Waals surface area contributed by atoms with E-state index in [1.807, 2.05) is 55.1 Å². The third kappa shape index (κ3) is 3.96. The molecule has 10 heteroatoms. The van der Waals surface area contributed by atoms with Crippen molar-refractivity contribution in [3.63, 3.8) is 0 Å². The second-order valence-electron chi connectivity index (χ2n) is 8.90. The van der Waals surface area contributed by atoms with Gasteiger partial charge in [-0.25, -0.2) is 19.6 Å². The Hall–Kier alpha value is -3.59. The maximum atomic E-state index is 13.5. The lowest BCUT2D eigenvalue weighted by atomic mass is 10.0. The van der Waals surface area contributed by atoms with Crippen LogP contribution in [0.3, 0.4) is 0 Å². The molecule has 0 N–H and O–H groups in total. The van der Waals surface area contributed by atoms with Crippen LogP contribution in [0.5, 0.6) is 0 Å². The van der Waals surface area contributed by atoms with Crippen LogP contribution in [0.25, 0.3) is 17.2 Å². The molecule has 5 heterocycles. The molecule has 1 amide bonds. The van der Waals surface area contributed by atoms with Gasteiger partial charge in [0.15, 0.2) is 5.82 Å². The SMILES string of the molecule is CC(C)n1cnc(-c2cccc(N3CCc4ncc(-n5cnc(C6CC6)c5)cc4C3=O)n2)n1.Cl. The van der Waals surface area contributed by atoms with Crippen molar-refractivity contribution in [1.29, 1.82) is 0 Å². The Morgan fingerprint density at radius 1 is 1.09 bits per heavy atom.